The summed E-state index contributed by atoms with van der Waals surface area (Å²) in [6.07, 6.45) is -0.00337. The summed E-state index contributed by atoms with van der Waals surface area (Å²) in [5.74, 6) is 0.483. The molecule has 7 nitrogen and oxygen atoms in total. The number of carbonyl (C=O) groups is 2. The Morgan fingerprint density at radius 3 is 2.96 bits per heavy atom. The minimum absolute atomic E-state index is 0.00337. The first-order valence-corrected chi connectivity index (χ1v) is 8.67. The topological polar surface area (TPSA) is 84.7 Å². The SMILES string of the molecule is COC(=O)CC1C(=O)NCCN1Cc1nc(-c2ccccc2Cl)oc1C. The lowest BCUT2D eigenvalue weighted by Gasteiger charge is -2.33. The first-order chi connectivity index (χ1) is 12.5. The molecule has 1 unspecified atom stereocenters. The highest BCUT2D eigenvalue weighted by Crippen LogP contribution is 2.29. The van der Waals surface area contributed by atoms with Crippen molar-refractivity contribution >= 4 is 23.5 Å². The Morgan fingerprint density at radius 2 is 2.23 bits per heavy atom. The monoisotopic (exact) mass is 377 g/mol. The molecule has 1 N–H and O–H groups in total. The van der Waals surface area contributed by atoms with E-state index in [4.69, 9.17) is 20.8 Å². The molecule has 138 valence electrons. The maximum absolute atomic E-state index is 12.2. The third-order valence-corrected chi connectivity index (χ3v) is 4.71. The molecule has 1 saturated heterocycles. The van der Waals surface area contributed by atoms with Gasteiger partial charge in [0.25, 0.3) is 0 Å². The Hall–Kier alpha value is -2.38. The number of halogens is 1. The van der Waals surface area contributed by atoms with Gasteiger partial charge in [-0.05, 0) is 19.1 Å². The molecule has 0 bridgehead atoms. The fourth-order valence-corrected chi connectivity index (χ4v) is 3.15. The number of piperazine rings is 1. The number of amides is 1. The summed E-state index contributed by atoms with van der Waals surface area (Å²) in [6, 6.07) is 6.73. The van der Waals surface area contributed by atoms with Crippen LogP contribution in [0.2, 0.25) is 5.02 Å². The smallest absolute Gasteiger partial charge is 0.307 e. The van der Waals surface area contributed by atoms with Crippen molar-refractivity contribution in [2.45, 2.75) is 25.9 Å². The first kappa shape index (κ1) is 18.4. The van der Waals surface area contributed by atoms with Crippen LogP contribution in [0.25, 0.3) is 11.5 Å². The largest absolute Gasteiger partial charge is 0.469 e. The average molecular weight is 378 g/mol. The number of esters is 1. The van der Waals surface area contributed by atoms with Crippen molar-refractivity contribution in [1.82, 2.24) is 15.2 Å². The number of nitrogens with one attached hydrogen (secondary N) is 1. The van der Waals surface area contributed by atoms with Crippen molar-refractivity contribution < 1.29 is 18.7 Å². The van der Waals surface area contributed by atoms with Gasteiger partial charge in [0.15, 0.2) is 0 Å². The second-order valence-electron chi connectivity index (χ2n) is 6.06. The van der Waals surface area contributed by atoms with Crippen LogP contribution in [0.3, 0.4) is 0 Å². The number of nitrogens with zero attached hydrogens (tertiary/aromatic N) is 2. The minimum Gasteiger partial charge on any atom is -0.469 e. The third kappa shape index (κ3) is 3.89. The predicted octanol–water partition coefficient (Wildman–Crippen LogP) is 2.17. The highest BCUT2D eigenvalue weighted by Gasteiger charge is 2.33. The second kappa shape index (κ2) is 7.88. The second-order valence-corrected chi connectivity index (χ2v) is 6.47. The molecule has 0 radical (unpaired) electrons. The van der Waals surface area contributed by atoms with Gasteiger partial charge in [0.05, 0.1) is 29.8 Å². The zero-order valence-electron chi connectivity index (χ0n) is 14.6. The summed E-state index contributed by atoms with van der Waals surface area (Å²) in [6.45, 7) is 3.35. The van der Waals surface area contributed by atoms with E-state index in [2.05, 4.69) is 10.3 Å². The summed E-state index contributed by atoms with van der Waals surface area (Å²) < 4.78 is 10.5. The van der Waals surface area contributed by atoms with Crippen molar-refractivity contribution in [3.05, 3.63) is 40.7 Å². The Kier molecular flexibility index (Phi) is 5.58. The zero-order chi connectivity index (χ0) is 18.7. The van der Waals surface area contributed by atoms with Crippen LogP contribution in [-0.4, -0.2) is 48.0 Å². The van der Waals surface area contributed by atoms with Crippen molar-refractivity contribution in [2.75, 3.05) is 20.2 Å². The molecule has 2 heterocycles. The maximum atomic E-state index is 12.2. The van der Waals surface area contributed by atoms with Gasteiger partial charge in [-0.25, -0.2) is 4.98 Å². The number of oxazole rings is 1. The Bertz CT molecular complexity index is 821. The number of aryl methyl sites for hydroxylation is 1. The van der Waals surface area contributed by atoms with Crippen LogP contribution in [0.5, 0.6) is 0 Å². The predicted molar refractivity (Wildman–Crippen MR) is 95.5 cm³/mol. The van der Waals surface area contributed by atoms with Crippen molar-refractivity contribution in [3.63, 3.8) is 0 Å². The molecule has 1 fully saturated rings. The maximum Gasteiger partial charge on any atom is 0.307 e. The van der Waals surface area contributed by atoms with Gasteiger partial charge >= 0.3 is 5.97 Å². The van der Waals surface area contributed by atoms with E-state index in [1.54, 1.807) is 6.07 Å². The molecule has 3 rings (SSSR count). The van der Waals surface area contributed by atoms with Crippen LogP contribution in [0.15, 0.2) is 28.7 Å². The molecule has 1 aromatic carbocycles. The number of benzene rings is 1. The van der Waals surface area contributed by atoms with Crippen LogP contribution in [0.1, 0.15) is 17.9 Å². The fraction of sp³-hybridized carbons (Fsp3) is 0.389. The minimum atomic E-state index is -0.587. The highest BCUT2D eigenvalue weighted by atomic mass is 35.5. The molecular formula is C18H20ClN3O4. The van der Waals surface area contributed by atoms with E-state index in [0.717, 1.165) is 0 Å². The van der Waals surface area contributed by atoms with Gasteiger partial charge in [-0.3, -0.25) is 14.5 Å². The van der Waals surface area contributed by atoms with Crippen molar-refractivity contribution in [1.29, 1.82) is 0 Å². The molecule has 8 heteroatoms. The van der Waals surface area contributed by atoms with Crippen LogP contribution in [0.4, 0.5) is 0 Å². The molecule has 1 aliphatic heterocycles. The van der Waals surface area contributed by atoms with Gasteiger partial charge in [-0.1, -0.05) is 23.7 Å². The molecule has 0 saturated carbocycles. The van der Waals surface area contributed by atoms with E-state index < -0.39 is 12.0 Å². The van der Waals surface area contributed by atoms with E-state index in [9.17, 15) is 9.59 Å². The quantitative estimate of drug-likeness (QED) is 0.804. The summed E-state index contributed by atoms with van der Waals surface area (Å²) in [7, 11) is 1.31. The molecule has 26 heavy (non-hydrogen) atoms. The molecular weight excluding hydrogens is 358 g/mol. The Labute approximate surface area is 156 Å². The molecule has 1 aliphatic rings. The number of methoxy groups -OCH3 is 1. The summed E-state index contributed by atoms with van der Waals surface area (Å²) in [5.41, 5.74) is 1.43. The Balaban J connectivity index is 1.82. The van der Waals surface area contributed by atoms with Gasteiger partial charge in [0.1, 0.15) is 11.8 Å². The van der Waals surface area contributed by atoms with Crippen molar-refractivity contribution in [3.8, 4) is 11.5 Å². The van der Waals surface area contributed by atoms with Gasteiger partial charge in [0.2, 0.25) is 11.8 Å². The lowest BCUT2D eigenvalue weighted by molar-refractivity contribution is -0.146. The first-order valence-electron chi connectivity index (χ1n) is 8.29. The standard InChI is InChI=1S/C18H20ClN3O4/c1-11-14(21-18(26-11)12-5-3-4-6-13(12)19)10-22-8-7-20-17(24)15(22)9-16(23)25-2/h3-6,15H,7-10H2,1-2H3,(H,20,24). The van der Waals surface area contributed by atoms with Crippen LogP contribution >= 0.6 is 11.6 Å². The Morgan fingerprint density at radius 1 is 1.46 bits per heavy atom. The number of rotatable bonds is 5. The fourth-order valence-electron chi connectivity index (χ4n) is 2.93. The molecule has 1 amide bonds. The van der Waals surface area contributed by atoms with Gasteiger partial charge in [-0.2, -0.15) is 0 Å². The number of hydrogen-bond donors (Lipinski definition) is 1. The van der Waals surface area contributed by atoms with E-state index in [-0.39, 0.29) is 12.3 Å². The molecule has 1 atom stereocenters. The van der Waals surface area contributed by atoms with Crippen molar-refractivity contribution in [2.24, 2.45) is 0 Å². The number of ether oxygens (including phenoxy) is 1. The number of carbonyl (C=O) groups excluding carboxylic acids is 2. The molecule has 0 spiro atoms. The summed E-state index contributed by atoms with van der Waals surface area (Å²) in [4.78, 5) is 30.3. The van der Waals surface area contributed by atoms with E-state index in [0.29, 0.717) is 47.6 Å². The highest BCUT2D eigenvalue weighted by molar-refractivity contribution is 6.33. The average Bonchev–Trinajstić information content (AvgIpc) is 2.98. The normalized spacial score (nSPS) is 17.8. The van der Waals surface area contributed by atoms with Gasteiger partial charge in [-0.15, -0.1) is 0 Å². The zero-order valence-corrected chi connectivity index (χ0v) is 15.4. The number of hydrogen-bond acceptors (Lipinski definition) is 6. The lowest BCUT2D eigenvalue weighted by atomic mass is 10.1. The molecule has 0 aliphatic carbocycles. The lowest BCUT2D eigenvalue weighted by Crippen LogP contribution is -2.55. The van der Waals surface area contributed by atoms with Crippen LogP contribution in [-0.2, 0) is 20.9 Å². The number of aromatic nitrogens is 1. The van der Waals surface area contributed by atoms with Gasteiger partial charge in [0, 0.05) is 19.6 Å². The van der Waals surface area contributed by atoms with E-state index in [1.165, 1.54) is 7.11 Å². The van der Waals surface area contributed by atoms with Gasteiger partial charge < -0.3 is 14.5 Å². The van der Waals surface area contributed by atoms with Crippen LogP contribution < -0.4 is 5.32 Å². The summed E-state index contributed by atoms with van der Waals surface area (Å²) in [5, 5.41) is 3.34. The third-order valence-electron chi connectivity index (χ3n) is 4.38. The molecule has 2 aromatic rings. The van der Waals surface area contributed by atoms with E-state index in [1.807, 2.05) is 30.0 Å². The summed E-state index contributed by atoms with van der Waals surface area (Å²) >= 11 is 6.21. The molecule has 1 aromatic heterocycles. The van der Waals surface area contributed by atoms with Crippen LogP contribution in [0, 0.1) is 6.92 Å². The van der Waals surface area contributed by atoms with E-state index >= 15 is 0 Å².